The Labute approximate surface area is 263 Å². The molecule has 7 nitrogen and oxygen atoms in total. The van der Waals surface area contributed by atoms with Crippen LogP contribution in [0.25, 0.3) is 5.69 Å². The second kappa shape index (κ2) is 12.0. The Morgan fingerprint density at radius 3 is 2.40 bits per heavy atom. The van der Waals surface area contributed by atoms with Crippen LogP contribution in [-0.2, 0) is 4.74 Å². The van der Waals surface area contributed by atoms with Gasteiger partial charge in [0, 0.05) is 42.0 Å². The van der Waals surface area contributed by atoms with Crippen LogP contribution in [0.4, 0.5) is 11.4 Å². The minimum atomic E-state index is -0.355. The quantitative estimate of drug-likeness (QED) is 0.180. The fraction of sp³-hybridized carbons (Fsp3) is 0.324. The van der Waals surface area contributed by atoms with Gasteiger partial charge < -0.3 is 24.4 Å². The number of esters is 1. The topological polar surface area (TPSA) is 62.6 Å². The summed E-state index contributed by atoms with van der Waals surface area (Å²) in [5.74, 6) is 0.392. The highest BCUT2D eigenvalue weighted by Crippen LogP contribution is 2.45. The first-order chi connectivity index (χ1) is 20.8. The molecule has 2 saturated heterocycles. The molecule has 4 aromatic rings. The van der Waals surface area contributed by atoms with Crippen molar-refractivity contribution in [2.75, 3.05) is 30.0 Å². The standard InChI is InChI=1S/C34H36ClN5O2S/c1-21-14-17-38(18-15-21)30-13-12-26(20-28(30)35)40-32(31(37-34(40)43)29-7-5-6-16-36-29)27-19-22(2)39(23(27)3)25-10-8-24(9-11-25)33(41)42-4/h5-13,16,19-21,31-32H,14-15,17-18H2,1-4H3,(H,37,43)/t31-,32-/m0/s1. The molecule has 0 amide bonds. The van der Waals surface area contributed by atoms with Crippen molar-refractivity contribution < 1.29 is 9.53 Å². The third-order valence-corrected chi connectivity index (χ3v) is 9.38. The van der Waals surface area contributed by atoms with Crippen LogP contribution in [0, 0.1) is 19.8 Å². The minimum absolute atomic E-state index is 0.172. The van der Waals surface area contributed by atoms with Gasteiger partial charge in [0.2, 0.25) is 0 Å². The molecule has 0 unspecified atom stereocenters. The van der Waals surface area contributed by atoms with E-state index in [1.165, 1.54) is 20.0 Å². The summed E-state index contributed by atoms with van der Waals surface area (Å²) < 4.78 is 7.09. The van der Waals surface area contributed by atoms with Gasteiger partial charge in [-0.2, -0.15) is 0 Å². The number of halogens is 1. The number of pyridine rings is 1. The number of nitrogens with one attached hydrogen (secondary N) is 1. The normalized spacial score (nSPS) is 19.0. The summed E-state index contributed by atoms with van der Waals surface area (Å²) in [5.41, 5.74) is 7.68. The Morgan fingerprint density at radius 1 is 1.02 bits per heavy atom. The monoisotopic (exact) mass is 613 g/mol. The molecule has 1 N–H and O–H groups in total. The molecule has 43 heavy (non-hydrogen) atoms. The molecule has 0 aliphatic carbocycles. The minimum Gasteiger partial charge on any atom is -0.465 e. The van der Waals surface area contributed by atoms with Gasteiger partial charge in [-0.05, 0) is 111 Å². The summed E-state index contributed by atoms with van der Waals surface area (Å²) >= 11 is 13.0. The van der Waals surface area contributed by atoms with Gasteiger partial charge in [0.25, 0.3) is 0 Å². The molecule has 9 heteroatoms. The third-order valence-electron chi connectivity index (χ3n) is 8.77. The van der Waals surface area contributed by atoms with Gasteiger partial charge in [0.15, 0.2) is 5.11 Å². The van der Waals surface area contributed by atoms with E-state index in [1.807, 2.05) is 42.6 Å². The van der Waals surface area contributed by atoms with Crippen LogP contribution < -0.4 is 15.1 Å². The number of hydrogen-bond donors (Lipinski definition) is 1. The van der Waals surface area contributed by atoms with Crippen LogP contribution in [0.5, 0.6) is 0 Å². The molecular weight excluding hydrogens is 578 g/mol. The van der Waals surface area contributed by atoms with Gasteiger partial charge in [0.1, 0.15) is 0 Å². The zero-order chi connectivity index (χ0) is 30.2. The van der Waals surface area contributed by atoms with E-state index in [1.54, 1.807) is 12.1 Å². The number of carbonyl (C=O) groups is 1. The van der Waals surface area contributed by atoms with E-state index in [-0.39, 0.29) is 18.1 Å². The van der Waals surface area contributed by atoms with Crippen LogP contribution in [0.2, 0.25) is 5.02 Å². The number of hydrogen-bond acceptors (Lipinski definition) is 5. The molecule has 2 aromatic carbocycles. The second-order valence-electron chi connectivity index (χ2n) is 11.5. The average Bonchev–Trinajstić information content (AvgIpc) is 3.52. The summed E-state index contributed by atoms with van der Waals surface area (Å²) in [5, 5.41) is 4.93. The first kappa shape index (κ1) is 29.2. The fourth-order valence-electron chi connectivity index (χ4n) is 6.45. The molecule has 0 radical (unpaired) electrons. The maximum absolute atomic E-state index is 12.0. The van der Waals surface area contributed by atoms with Gasteiger partial charge in [-0.15, -0.1) is 0 Å². The van der Waals surface area contributed by atoms with E-state index in [4.69, 9.17) is 33.5 Å². The molecule has 2 atom stereocenters. The molecule has 222 valence electrons. The highest BCUT2D eigenvalue weighted by molar-refractivity contribution is 7.80. The van der Waals surface area contributed by atoms with E-state index in [0.29, 0.717) is 10.7 Å². The Kier molecular flexibility index (Phi) is 8.16. The number of carbonyl (C=O) groups excluding carboxylic acids is 1. The number of methoxy groups -OCH3 is 1. The number of nitrogens with zero attached hydrogens (tertiary/aromatic N) is 4. The Bertz CT molecular complexity index is 1650. The van der Waals surface area contributed by atoms with E-state index >= 15 is 0 Å². The summed E-state index contributed by atoms with van der Waals surface area (Å²) in [6.07, 6.45) is 4.16. The number of ether oxygens (including phenoxy) is 1. The predicted molar refractivity (Wildman–Crippen MR) is 177 cm³/mol. The van der Waals surface area contributed by atoms with Crippen LogP contribution in [0.1, 0.15) is 64.9 Å². The van der Waals surface area contributed by atoms with Crippen molar-refractivity contribution in [3.63, 3.8) is 0 Å². The molecule has 6 rings (SSSR count). The van der Waals surface area contributed by atoms with Crippen molar-refractivity contribution in [3.05, 3.63) is 106 Å². The number of anilines is 2. The summed E-state index contributed by atoms with van der Waals surface area (Å²) in [4.78, 5) is 21.3. The summed E-state index contributed by atoms with van der Waals surface area (Å²) in [6.45, 7) is 8.56. The van der Waals surface area contributed by atoms with Crippen molar-refractivity contribution in [2.45, 2.75) is 45.7 Å². The molecule has 0 bridgehead atoms. The molecule has 2 aromatic heterocycles. The first-order valence-electron chi connectivity index (χ1n) is 14.7. The van der Waals surface area contributed by atoms with Crippen LogP contribution in [0.3, 0.4) is 0 Å². The molecule has 2 aliphatic heterocycles. The maximum Gasteiger partial charge on any atom is 0.337 e. The lowest BCUT2D eigenvalue weighted by atomic mass is 9.96. The van der Waals surface area contributed by atoms with Crippen LogP contribution in [0.15, 0.2) is 72.9 Å². The highest BCUT2D eigenvalue weighted by atomic mass is 35.5. The van der Waals surface area contributed by atoms with Crippen molar-refractivity contribution >= 4 is 46.3 Å². The van der Waals surface area contributed by atoms with Crippen molar-refractivity contribution in [3.8, 4) is 5.69 Å². The van der Waals surface area contributed by atoms with Gasteiger partial charge in [-0.25, -0.2) is 4.79 Å². The average molecular weight is 614 g/mol. The van der Waals surface area contributed by atoms with E-state index in [9.17, 15) is 4.79 Å². The number of thiocarbonyl (C=S) groups is 1. The van der Waals surface area contributed by atoms with Crippen molar-refractivity contribution in [2.24, 2.45) is 5.92 Å². The van der Waals surface area contributed by atoms with Crippen molar-refractivity contribution in [1.82, 2.24) is 14.9 Å². The van der Waals surface area contributed by atoms with E-state index in [0.717, 1.165) is 63.7 Å². The molecule has 4 heterocycles. The van der Waals surface area contributed by atoms with Gasteiger partial charge in [-0.3, -0.25) is 4.98 Å². The Hall–Kier alpha value is -3.88. The Balaban J connectivity index is 1.41. The number of piperidine rings is 1. The number of benzene rings is 2. The third kappa shape index (κ3) is 5.50. The van der Waals surface area contributed by atoms with Crippen LogP contribution in [-0.4, -0.2) is 40.8 Å². The molecular formula is C34H36ClN5O2S. The smallest absolute Gasteiger partial charge is 0.337 e. The number of rotatable bonds is 6. The molecule has 2 aliphatic rings. The van der Waals surface area contributed by atoms with Crippen LogP contribution >= 0.6 is 23.8 Å². The summed E-state index contributed by atoms with van der Waals surface area (Å²) in [6, 6.07) is 21.6. The lowest BCUT2D eigenvalue weighted by Crippen LogP contribution is -2.33. The molecule has 2 fully saturated rings. The second-order valence-corrected chi connectivity index (χ2v) is 12.3. The predicted octanol–water partition coefficient (Wildman–Crippen LogP) is 7.34. The van der Waals surface area contributed by atoms with Gasteiger partial charge in [-0.1, -0.05) is 24.6 Å². The lowest BCUT2D eigenvalue weighted by molar-refractivity contribution is 0.0600. The zero-order valence-corrected chi connectivity index (χ0v) is 26.5. The molecule has 0 spiro atoms. The lowest BCUT2D eigenvalue weighted by Gasteiger charge is -2.33. The SMILES string of the molecule is COC(=O)c1ccc(-n2c(C)cc([C@H]3[C@H](c4ccccn4)NC(=S)N3c3ccc(N4CCC(C)CC4)c(Cl)c3)c2C)cc1. The van der Waals surface area contributed by atoms with Gasteiger partial charge in [0.05, 0.1) is 41.2 Å². The first-order valence-corrected chi connectivity index (χ1v) is 15.5. The zero-order valence-electron chi connectivity index (χ0n) is 24.9. The fourth-order valence-corrected chi connectivity index (χ4v) is 7.09. The van der Waals surface area contributed by atoms with E-state index in [2.05, 4.69) is 58.7 Å². The number of aryl methyl sites for hydroxylation is 1. The Morgan fingerprint density at radius 2 is 1.74 bits per heavy atom. The van der Waals surface area contributed by atoms with Gasteiger partial charge >= 0.3 is 5.97 Å². The largest absolute Gasteiger partial charge is 0.465 e. The highest BCUT2D eigenvalue weighted by Gasteiger charge is 2.42. The van der Waals surface area contributed by atoms with Crippen molar-refractivity contribution in [1.29, 1.82) is 0 Å². The summed E-state index contributed by atoms with van der Waals surface area (Å²) in [7, 11) is 1.39. The molecule has 0 saturated carbocycles. The number of aromatic nitrogens is 2. The maximum atomic E-state index is 12.0. The van der Waals surface area contributed by atoms with E-state index < -0.39 is 0 Å².